The summed E-state index contributed by atoms with van der Waals surface area (Å²) in [7, 11) is -4.86. The van der Waals surface area contributed by atoms with Gasteiger partial charge in [-0.3, -0.25) is 14.6 Å². The zero-order valence-electron chi connectivity index (χ0n) is 9.77. The lowest BCUT2D eigenvalue weighted by molar-refractivity contribution is -0.117. The molecule has 1 unspecified atom stereocenters. The molecule has 2 heterocycles. The van der Waals surface area contributed by atoms with Crippen molar-refractivity contribution >= 4 is 21.8 Å². The Morgan fingerprint density at radius 2 is 1.89 bits per heavy atom. The molecule has 0 aliphatic carbocycles. The van der Waals surface area contributed by atoms with Crippen LogP contribution in [0.1, 0.15) is 12.1 Å². The number of hydrogen-bond acceptors (Lipinski definition) is 5. The zero-order valence-corrected chi connectivity index (χ0v) is 10.6. The Morgan fingerprint density at radius 3 is 2.37 bits per heavy atom. The number of rotatable bonds is 2. The normalized spacial score (nSPS) is 20.0. The fraction of sp³-hybridized carbons (Fsp3) is 0.444. The summed E-state index contributed by atoms with van der Waals surface area (Å²) in [6, 6.07) is 0. The van der Waals surface area contributed by atoms with Gasteiger partial charge in [0.1, 0.15) is 10.9 Å². The Hall–Kier alpha value is -1.97. The Bertz CT molecular complexity index is 750. The summed E-state index contributed by atoms with van der Waals surface area (Å²) >= 11 is 0. The Morgan fingerprint density at radius 1 is 1.26 bits per heavy atom. The average molecular weight is 291 g/mol. The van der Waals surface area contributed by atoms with E-state index in [1.165, 1.54) is 6.92 Å². The van der Waals surface area contributed by atoms with E-state index in [9.17, 15) is 26.7 Å². The Labute approximate surface area is 106 Å². The number of carbonyl (C=O) groups is 1. The van der Waals surface area contributed by atoms with Gasteiger partial charge in [0.25, 0.3) is 5.56 Å². The number of halogens is 1. The number of anilines is 1. The molecule has 0 radical (unpaired) electrons. The van der Waals surface area contributed by atoms with Crippen molar-refractivity contribution in [1.29, 1.82) is 0 Å². The summed E-state index contributed by atoms with van der Waals surface area (Å²) in [6.45, 7) is 0.935. The van der Waals surface area contributed by atoms with E-state index in [0.29, 0.717) is 0 Å². The summed E-state index contributed by atoms with van der Waals surface area (Å²) < 4.78 is 34.5. The first-order valence-corrected chi connectivity index (χ1v) is 6.72. The molecule has 1 aliphatic rings. The molecule has 0 bridgehead atoms. The van der Waals surface area contributed by atoms with Crippen LogP contribution in [-0.2, 0) is 15.0 Å². The number of H-pyrrole nitrogens is 2. The van der Waals surface area contributed by atoms with Crippen LogP contribution in [0.3, 0.4) is 0 Å². The molecular formula is C9H10FN3O5S. The molecule has 1 aromatic rings. The molecule has 19 heavy (non-hydrogen) atoms. The van der Waals surface area contributed by atoms with Gasteiger partial charge < -0.3 is 9.88 Å². The SMILES string of the molecule is Cc1[nH]c(=O)[nH]c(=O)c1N1CC(S(=O)(=O)F)CC1=O. The number of aromatic amines is 2. The number of amides is 1. The number of aryl methyl sites for hydroxylation is 1. The van der Waals surface area contributed by atoms with E-state index in [2.05, 4.69) is 4.98 Å². The van der Waals surface area contributed by atoms with Gasteiger partial charge in [-0.25, -0.2) is 4.79 Å². The molecule has 0 aromatic carbocycles. The smallest absolute Gasteiger partial charge is 0.309 e. The third-order valence-electron chi connectivity index (χ3n) is 2.86. The number of hydrogen-bond donors (Lipinski definition) is 2. The van der Waals surface area contributed by atoms with Gasteiger partial charge in [-0.15, -0.1) is 3.89 Å². The Kier molecular flexibility index (Phi) is 3.04. The summed E-state index contributed by atoms with van der Waals surface area (Å²) in [4.78, 5) is 39.4. The standard InChI is InChI=1S/C9H10FN3O5S/c1-4-7(8(15)12-9(16)11-4)13-3-5(2-6(13)14)19(10,17)18/h5H,2-3H2,1H3,(H2,11,12,15,16). The van der Waals surface area contributed by atoms with Gasteiger partial charge in [0.2, 0.25) is 5.91 Å². The molecule has 0 saturated carbocycles. The van der Waals surface area contributed by atoms with Crippen molar-refractivity contribution in [3.05, 3.63) is 26.5 Å². The molecule has 8 nitrogen and oxygen atoms in total. The third kappa shape index (κ3) is 2.43. The van der Waals surface area contributed by atoms with Crippen LogP contribution < -0.4 is 16.1 Å². The minimum Gasteiger partial charge on any atom is -0.309 e. The van der Waals surface area contributed by atoms with Crippen molar-refractivity contribution in [2.45, 2.75) is 18.6 Å². The minimum atomic E-state index is -4.86. The summed E-state index contributed by atoms with van der Waals surface area (Å²) in [5.74, 6) is -0.688. The largest absolute Gasteiger partial charge is 0.326 e. The van der Waals surface area contributed by atoms with Crippen LogP contribution in [0, 0.1) is 6.92 Å². The Balaban J connectivity index is 2.48. The summed E-state index contributed by atoms with van der Waals surface area (Å²) in [6.07, 6.45) is -0.531. The van der Waals surface area contributed by atoms with Crippen LogP contribution in [0.5, 0.6) is 0 Å². The van der Waals surface area contributed by atoms with Gasteiger partial charge in [-0.2, -0.15) is 8.42 Å². The summed E-state index contributed by atoms with van der Waals surface area (Å²) in [5, 5.41) is -1.49. The monoisotopic (exact) mass is 291 g/mol. The molecule has 1 aromatic heterocycles. The number of carbonyl (C=O) groups excluding carboxylic acids is 1. The second kappa shape index (κ2) is 4.30. The van der Waals surface area contributed by atoms with E-state index in [1.807, 2.05) is 4.98 Å². The average Bonchev–Trinajstić information content (AvgIpc) is 2.59. The molecule has 1 aliphatic heterocycles. The van der Waals surface area contributed by atoms with Crippen LogP contribution >= 0.6 is 0 Å². The fourth-order valence-corrected chi connectivity index (χ4v) is 2.67. The highest BCUT2D eigenvalue weighted by Crippen LogP contribution is 2.24. The van der Waals surface area contributed by atoms with Crippen molar-refractivity contribution in [2.75, 3.05) is 11.4 Å². The maximum atomic E-state index is 12.9. The zero-order chi connectivity index (χ0) is 14.4. The van der Waals surface area contributed by atoms with Crippen molar-refractivity contribution in [3.8, 4) is 0 Å². The van der Waals surface area contributed by atoms with Gasteiger partial charge in [-0.05, 0) is 6.92 Å². The quantitative estimate of drug-likeness (QED) is 0.661. The van der Waals surface area contributed by atoms with Crippen molar-refractivity contribution in [3.63, 3.8) is 0 Å². The molecule has 2 N–H and O–H groups in total. The minimum absolute atomic E-state index is 0.110. The predicted octanol–water partition coefficient (Wildman–Crippen LogP) is -1.22. The summed E-state index contributed by atoms with van der Waals surface area (Å²) in [5.41, 5.74) is -1.63. The first-order valence-electron chi connectivity index (χ1n) is 5.27. The second-order valence-corrected chi connectivity index (χ2v) is 5.81. The second-order valence-electron chi connectivity index (χ2n) is 4.19. The predicted molar refractivity (Wildman–Crippen MR) is 63.2 cm³/mol. The molecule has 1 amide bonds. The highest BCUT2D eigenvalue weighted by molar-refractivity contribution is 7.87. The van der Waals surface area contributed by atoms with Gasteiger partial charge in [0.15, 0.2) is 0 Å². The van der Waals surface area contributed by atoms with Crippen molar-refractivity contribution in [1.82, 2.24) is 9.97 Å². The molecule has 2 rings (SSSR count). The van der Waals surface area contributed by atoms with Crippen LogP contribution in [0.2, 0.25) is 0 Å². The van der Waals surface area contributed by atoms with Gasteiger partial charge in [0.05, 0.1) is 0 Å². The van der Waals surface area contributed by atoms with E-state index in [-0.39, 0.29) is 11.4 Å². The first-order chi connectivity index (χ1) is 8.70. The number of aromatic nitrogens is 2. The lowest BCUT2D eigenvalue weighted by Gasteiger charge is -2.16. The van der Waals surface area contributed by atoms with E-state index in [4.69, 9.17) is 0 Å². The third-order valence-corrected chi connectivity index (χ3v) is 3.97. The molecular weight excluding hydrogens is 281 g/mol. The van der Waals surface area contributed by atoms with Crippen LogP contribution in [-0.4, -0.2) is 36.1 Å². The fourth-order valence-electron chi connectivity index (χ4n) is 2.00. The molecule has 0 spiro atoms. The van der Waals surface area contributed by atoms with E-state index in [1.54, 1.807) is 0 Å². The van der Waals surface area contributed by atoms with Gasteiger partial charge >= 0.3 is 15.9 Å². The van der Waals surface area contributed by atoms with Gasteiger partial charge in [0, 0.05) is 18.7 Å². The van der Waals surface area contributed by atoms with E-state index in [0.717, 1.165) is 4.90 Å². The highest BCUT2D eigenvalue weighted by Gasteiger charge is 2.40. The number of nitrogens with zero attached hydrogens (tertiary/aromatic N) is 1. The van der Waals surface area contributed by atoms with Crippen molar-refractivity contribution in [2.24, 2.45) is 0 Å². The topological polar surface area (TPSA) is 120 Å². The lowest BCUT2D eigenvalue weighted by Crippen LogP contribution is -2.36. The molecule has 1 atom stereocenters. The molecule has 1 saturated heterocycles. The molecule has 10 heteroatoms. The van der Waals surface area contributed by atoms with E-state index >= 15 is 0 Å². The number of nitrogens with one attached hydrogen (secondary N) is 2. The molecule has 104 valence electrons. The lowest BCUT2D eigenvalue weighted by atomic mass is 10.3. The molecule has 1 fully saturated rings. The maximum absolute atomic E-state index is 12.9. The van der Waals surface area contributed by atoms with Crippen LogP contribution in [0.25, 0.3) is 0 Å². The van der Waals surface area contributed by atoms with Gasteiger partial charge in [-0.1, -0.05) is 0 Å². The first kappa shape index (κ1) is 13.5. The highest BCUT2D eigenvalue weighted by atomic mass is 32.3. The maximum Gasteiger partial charge on any atom is 0.326 e. The van der Waals surface area contributed by atoms with Crippen LogP contribution in [0.15, 0.2) is 9.59 Å². The van der Waals surface area contributed by atoms with E-state index < -0.39 is 45.6 Å². The van der Waals surface area contributed by atoms with Crippen LogP contribution in [0.4, 0.5) is 9.57 Å². The van der Waals surface area contributed by atoms with Crippen molar-refractivity contribution < 1.29 is 17.1 Å².